The van der Waals surface area contributed by atoms with Crippen LogP contribution < -0.4 is 0 Å². The van der Waals surface area contributed by atoms with Crippen molar-refractivity contribution in [3.8, 4) is 0 Å². The van der Waals surface area contributed by atoms with E-state index in [4.69, 9.17) is 0 Å². The van der Waals surface area contributed by atoms with E-state index in [-0.39, 0.29) is 0 Å². The highest BCUT2D eigenvalue weighted by atomic mass is 15.2. The van der Waals surface area contributed by atoms with E-state index < -0.39 is 0 Å². The largest absolute Gasteiger partial charge is 0.381 e. The van der Waals surface area contributed by atoms with Gasteiger partial charge in [0.25, 0.3) is 0 Å². The van der Waals surface area contributed by atoms with Gasteiger partial charge in [-0.2, -0.15) is 0 Å². The summed E-state index contributed by atoms with van der Waals surface area (Å²) in [5.41, 5.74) is 1.60. The fraction of sp³-hybridized carbons (Fsp3) is 0.125. The molecule has 2 rings (SSSR count). The van der Waals surface area contributed by atoms with Crippen LogP contribution in [-0.4, -0.2) is 28.6 Å². The minimum atomic E-state index is 0.656. The molecule has 0 atom stereocenters. The molecule has 64 valence electrons. The van der Waals surface area contributed by atoms with Gasteiger partial charge in [0.15, 0.2) is 5.82 Å². The zero-order valence-electron chi connectivity index (χ0n) is 7.65. The summed E-state index contributed by atoms with van der Waals surface area (Å²) in [5, 5.41) is 0. The molecule has 1 aliphatic heterocycles. The molecule has 0 saturated heterocycles. The van der Waals surface area contributed by atoms with Crippen LogP contribution in [0.1, 0.15) is 12.6 Å². The predicted octanol–water partition coefficient (Wildman–Crippen LogP) is 0.361. The van der Waals surface area contributed by atoms with E-state index in [1.54, 1.807) is 12.4 Å². The maximum absolute atomic E-state index is 4.29. The number of hydrogen-bond donors (Lipinski definition) is 0. The predicted molar refractivity (Wildman–Crippen MR) is 54.2 cm³/mol. The summed E-state index contributed by atoms with van der Waals surface area (Å²) in [4.78, 5) is 14.5. The highest BCUT2D eigenvalue weighted by Crippen LogP contribution is 2.27. The van der Waals surface area contributed by atoms with Gasteiger partial charge in [0.1, 0.15) is 5.69 Å². The van der Waals surface area contributed by atoms with Gasteiger partial charge in [0.05, 0.1) is 11.5 Å². The van der Waals surface area contributed by atoms with Crippen LogP contribution >= 0.6 is 0 Å². The van der Waals surface area contributed by atoms with Crippen LogP contribution in [0.25, 0.3) is 5.70 Å². The fourth-order valence-corrected chi connectivity index (χ4v) is 1.20. The third kappa shape index (κ3) is 1.12. The lowest BCUT2D eigenvalue weighted by atomic mass is 10.1. The topological polar surface area (TPSA) is 41.4 Å². The van der Waals surface area contributed by atoms with Gasteiger partial charge >= 0.3 is 0 Å². The number of rotatable bonds is 0. The molecule has 0 aromatic carbocycles. The van der Waals surface area contributed by atoms with Gasteiger partial charge in [-0.25, -0.2) is 15.0 Å². The zero-order valence-corrected chi connectivity index (χ0v) is 7.65. The Morgan fingerprint density at radius 2 is 2.08 bits per heavy atom. The molecule has 0 aliphatic carbocycles. The van der Waals surface area contributed by atoms with E-state index in [9.17, 15) is 0 Å². The molecule has 0 spiro atoms. The van der Waals surface area contributed by atoms with Crippen LogP contribution in [0.2, 0.25) is 0 Å². The molecule has 0 bridgehead atoms. The Hall–Kier alpha value is -1.65. The Labute approximate surface area is 77.5 Å². The van der Waals surface area contributed by atoms with Gasteiger partial charge in [0.2, 0.25) is 7.98 Å². The molecular formula is C8H9BN4. The SMILES string of the molecule is BN1C(=C)c2nccnc2N=C1C. The van der Waals surface area contributed by atoms with E-state index in [1.165, 1.54) is 0 Å². The Kier molecular flexibility index (Phi) is 1.65. The first kappa shape index (κ1) is 7.98. The van der Waals surface area contributed by atoms with Crippen molar-refractivity contribution < 1.29 is 0 Å². The van der Waals surface area contributed by atoms with Crippen molar-refractivity contribution >= 4 is 25.3 Å². The fourth-order valence-electron chi connectivity index (χ4n) is 1.20. The lowest BCUT2D eigenvalue weighted by Crippen LogP contribution is -2.27. The van der Waals surface area contributed by atoms with Crippen molar-refractivity contribution in [2.75, 3.05) is 0 Å². The first-order valence-electron chi connectivity index (χ1n) is 3.99. The van der Waals surface area contributed by atoms with Gasteiger partial charge in [-0.15, -0.1) is 0 Å². The molecule has 1 aromatic heterocycles. The number of aliphatic imine (C=N–C) groups is 1. The lowest BCUT2D eigenvalue weighted by Gasteiger charge is -2.25. The number of aromatic nitrogens is 2. The van der Waals surface area contributed by atoms with Crippen molar-refractivity contribution in [2.24, 2.45) is 4.99 Å². The van der Waals surface area contributed by atoms with Crippen molar-refractivity contribution in [2.45, 2.75) is 6.92 Å². The van der Waals surface area contributed by atoms with Crippen LogP contribution in [0.4, 0.5) is 5.82 Å². The summed E-state index contributed by atoms with van der Waals surface area (Å²) in [6, 6.07) is 0. The zero-order chi connectivity index (χ0) is 9.42. The molecule has 1 aromatic rings. The van der Waals surface area contributed by atoms with Crippen LogP contribution in [0, 0.1) is 0 Å². The van der Waals surface area contributed by atoms with Crippen molar-refractivity contribution in [3.05, 3.63) is 24.7 Å². The second kappa shape index (κ2) is 2.69. The molecule has 13 heavy (non-hydrogen) atoms. The van der Waals surface area contributed by atoms with E-state index >= 15 is 0 Å². The maximum atomic E-state index is 4.29. The second-order valence-corrected chi connectivity index (χ2v) is 2.89. The molecule has 0 unspecified atom stereocenters. The van der Waals surface area contributed by atoms with Crippen LogP contribution in [0.3, 0.4) is 0 Å². The van der Waals surface area contributed by atoms with Gasteiger partial charge in [-0.1, -0.05) is 6.58 Å². The Bertz CT molecular complexity index is 399. The Morgan fingerprint density at radius 1 is 1.38 bits per heavy atom. The first-order valence-corrected chi connectivity index (χ1v) is 3.99. The molecule has 0 amide bonds. The standard InChI is InChI=1S/C8H9BN4/c1-5-7-8(11-4-3-10-7)12-6(2)13(5)9/h3-4H,1,9H2,2H3. The molecule has 1 aliphatic rings. The van der Waals surface area contributed by atoms with Crippen LogP contribution in [-0.2, 0) is 0 Å². The molecular weight excluding hydrogens is 163 g/mol. The molecule has 0 N–H and O–H groups in total. The molecule has 0 fully saturated rings. The number of fused-ring (bicyclic) bond motifs is 1. The monoisotopic (exact) mass is 172 g/mol. The number of hydrogen-bond acceptors (Lipinski definition) is 4. The van der Waals surface area contributed by atoms with E-state index in [0.29, 0.717) is 5.82 Å². The molecule has 0 saturated carbocycles. The minimum absolute atomic E-state index is 0.656. The lowest BCUT2D eigenvalue weighted by molar-refractivity contribution is 0.883. The van der Waals surface area contributed by atoms with Crippen LogP contribution in [0.15, 0.2) is 24.0 Å². The highest BCUT2D eigenvalue weighted by Gasteiger charge is 2.18. The smallest absolute Gasteiger partial charge is 0.225 e. The average molecular weight is 172 g/mol. The van der Waals surface area contributed by atoms with Gasteiger partial charge in [-0.3, -0.25) is 0 Å². The van der Waals surface area contributed by atoms with Crippen molar-refractivity contribution in [1.82, 2.24) is 14.8 Å². The van der Waals surface area contributed by atoms with Crippen molar-refractivity contribution in [3.63, 3.8) is 0 Å². The number of nitrogens with zero attached hydrogens (tertiary/aromatic N) is 4. The molecule has 2 heterocycles. The average Bonchev–Trinajstić information content (AvgIpc) is 2.15. The third-order valence-corrected chi connectivity index (χ3v) is 2.11. The molecule has 4 nitrogen and oxygen atoms in total. The summed E-state index contributed by atoms with van der Waals surface area (Å²) in [5.74, 6) is 1.54. The summed E-state index contributed by atoms with van der Waals surface area (Å²) in [6.45, 7) is 5.85. The van der Waals surface area contributed by atoms with Gasteiger partial charge in [0, 0.05) is 12.4 Å². The number of amidine groups is 1. The summed E-state index contributed by atoms with van der Waals surface area (Å²) < 4.78 is 0. The van der Waals surface area contributed by atoms with E-state index in [2.05, 4.69) is 21.5 Å². The quantitative estimate of drug-likeness (QED) is 0.530. The van der Waals surface area contributed by atoms with Gasteiger partial charge < -0.3 is 4.81 Å². The second-order valence-electron chi connectivity index (χ2n) is 2.89. The van der Waals surface area contributed by atoms with Gasteiger partial charge in [-0.05, 0) is 6.92 Å². The highest BCUT2D eigenvalue weighted by molar-refractivity contribution is 6.21. The summed E-state index contributed by atoms with van der Waals surface area (Å²) >= 11 is 0. The normalized spacial score (nSPS) is 15.3. The molecule has 0 radical (unpaired) electrons. The van der Waals surface area contributed by atoms with Crippen LogP contribution in [0.5, 0.6) is 0 Å². The Morgan fingerprint density at radius 3 is 2.85 bits per heavy atom. The van der Waals surface area contributed by atoms with Crippen molar-refractivity contribution in [1.29, 1.82) is 0 Å². The first-order chi connectivity index (χ1) is 6.20. The third-order valence-electron chi connectivity index (χ3n) is 2.11. The maximum Gasteiger partial charge on any atom is 0.225 e. The Balaban J connectivity index is 2.63. The summed E-state index contributed by atoms with van der Waals surface area (Å²) in [7, 11) is 1.92. The summed E-state index contributed by atoms with van der Waals surface area (Å²) in [6.07, 6.45) is 3.28. The minimum Gasteiger partial charge on any atom is -0.381 e. The van der Waals surface area contributed by atoms with E-state index in [0.717, 1.165) is 17.2 Å². The molecule has 5 heteroatoms. The van der Waals surface area contributed by atoms with E-state index in [1.807, 2.05) is 19.7 Å².